The van der Waals surface area contributed by atoms with Crippen LogP contribution in [0, 0.1) is 0 Å². The molecule has 0 aliphatic carbocycles. The summed E-state index contributed by atoms with van der Waals surface area (Å²) < 4.78 is 0. The molecule has 0 fully saturated rings. The van der Waals surface area contributed by atoms with Crippen LogP contribution in [-0.4, -0.2) is 21.1 Å². The van der Waals surface area contributed by atoms with Gasteiger partial charge in [-0.25, -0.2) is 5.03 Å². The molecule has 0 aromatic heterocycles. The SMILES string of the molecule is [B]1C=N[B]N=N1. The Balaban J connectivity index is 2.40. The normalized spacial score (nSPS) is 16.0. The summed E-state index contributed by atoms with van der Waals surface area (Å²) in [6, 6.07) is 0. The van der Waals surface area contributed by atoms with Gasteiger partial charge in [-0.15, -0.1) is 0 Å². The van der Waals surface area contributed by atoms with Crippen LogP contribution in [0.25, 0.3) is 0 Å². The van der Waals surface area contributed by atoms with Crippen molar-refractivity contribution in [2.45, 2.75) is 0 Å². The first-order valence-electron chi connectivity index (χ1n) is 1.57. The zero-order chi connectivity index (χ0) is 4.24. The lowest BCUT2D eigenvalue weighted by atomic mass is 9.97. The summed E-state index contributed by atoms with van der Waals surface area (Å²) in [4.78, 5) is 3.61. The van der Waals surface area contributed by atoms with E-state index in [0.717, 1.165) is 0 Å². The minimum Gasteiger partial charge on any atom is -0.335 e. The summed E-state index contributed by atoms with van der Waals surface area (Å²) in [5, 5.41) is 6.90. The largest absolute Gasteiger partial charge is 0.455 e. The van der Waals surface area contributed by atoms with E-state index in [9.17, 15) is 0 Å². The Hall–Kier alpha value is -0.600. The van der Waals surface area contributed by atoms with Gasteiger partial charge in [-0.05, 0) is 6.11 Å². The Morgan fingerprint density at radius 3 is 2.50 bits per heavy atom. The minimum absolute atomic E-state index is 1.39. The number of hydrogen-bond acceptors (Lipinski definition) is 3. The fraction of sp³-hybridized carbons (Fsp3) is 0. The predicted molar refractivity (Wildman–Crippen MR) is 24.9 cm³/mol. The molecule has 3 nitrogen and oxygen atoms in total. The molecule has 0 aromatic carbocycles. The molecule has 1 rings (SSSR count). The predicted octanol–water partition coefficient (Wildman–Crippen LogP) is -0.366. The zero-order valence-corrected chi connectivity index (χ0v) is 3.07. The lowest BCUT2D eigenvalue weighted by Gasteiger charge is -1.83. The maximum atomic E-state index is 3.61. The summed E-state index contributed by atoms with van der Waals surface area (Å²) in [6.45, 7) is 0. The van der Waals surface area contributed by atoms with Crippen molar-refractivity contribution in [2.75, 3.05) is 0 Å². The van der Waals surface area contributed by atoms with Crippen molar-refractivity contribution in [1.82, 2.24) is 0 Å². The van der Waals surface area contributed by atoms with E-state index < -0.39 is 0 Å². The Morgan fingerprint density at radius 1 is 1.33 bits per heavy atom. The van der Waals surface area contributed by atoms with Crippen LogP contribution in [-0.2, 0) is 0 Å². The first kappa shape index (κ1) is 3.59. The first-order chi connectivity index (χ1) is 3.00. The molecule has 0 spiro atoms. The van der Waals surface area contributed by atoms with Gasteiger partial charge in [0.25, 0.3) is 0 Å². The molecule has 0 saturated heterocycles. The molecule has 0 N–H and O–H groups in total. The molecule has 0 atom stereocenters. The second-order valence-corrected chi connectivity index (χ2v) is 0.794. The summed E-state index contributed by atoms with van der Waals surface area (Å²) in [5.74, 6) is 0. The highest BCUT2D eigenvalue weighted by Gasteiger charge is 1.87. The average Bonchev–Trinajstić information content (AvgIpc) is 1.72. The third-order valence-electron chi connectivity index (χ3n) is 0.404. The molecular formula is CHB2N3. The fourth-order valence-electron chi connectivity index (χ4n) is 0.205. The van der Waals surface area contributed by atoms with Crippen molar-refractivity contribution >= 4 is 21.1 Å². The van der Waals surface area contributed by atoms with E-state index in [2.05, 4.69) is 15.0 Å². The van der Waals surface area contributed by atoms with Gasteiger partial charge in [-0.3, -0.25) is 5.03 Å². The van der Waals surface area contributed by atoms with E-state index in [1.54, 1.807) is 6.11 Å². The summed E-state index contributed by atoms with van der Waals surface area (Å²) in [7, 11) is 2.92. The van der Waals surface area contributed by atoms with Crippen molar-refractivity contribution in [3.63, 3.8) is 0 Å². The Morgan fingerprint density at radius 2 is 2.33 bits per heavy atom. The van der Waals surface area contributed by atoms with E-state index in [0.29, 0.717) is 0 Å². The van der Waals surface area contributed by atoms with Crippen LogP contribution in [0.2, 0.25) is 0 Å². The van der Waals surface area contributed by atoms with Crippen LogP contribution in [0.1, 0.15) is 0 Å². The lowest BCUT2D eigenvalue weighted by Crippen LogP contribution is -1.94. The van der Waals surface area contributed by atoms with Crippen LogP contribution < -0.4 is 0 Å². The third-order valence-corrected chi connectivity index (χ3v) is 0.404. The van der Waals surface area contributed by atoms with E-state index >= 15 is 0 Å². The highest BCUT2D eigenvalue weighted by atomic mass is 15.0. The van der Waals surface area contributed by atoms with Gasteiger partial charge in [-0.1, -0.05) is 0 Å². The fourth-order valence-corrected chi connectivity index (χ4v) is 0.205. The molecule has 2 radical (unpaired) electrons. The van der Waals surface area contributed by atoms with E-state index in [1.807, 2.05) is 0 Å². The second-order valence-electron chi connectivity index (χ2n) is 0.794. The molecular weight excluding hydrogens is 75.7 g/mol. The molecule has 0 bridgehead atoms. The van der Waals surface area contributed by atoms with E-state index in [1.165, 1.54) is 15.0 Å². The van der Waals surface area contributed by atoms with Gasteiger partial charge in [0.05, 0.1) is 0 Å². The summed E-state index contributed by atoms with van der Waals surface area (Å²) in [6.07, 6.45) is 1.58. The van der Waals surface area contributed by atoms with Crippen molar-refractivity contribution < 1.29 is 0 Å². The standard InChI is InChI=1S/CHB2N3/c1-2-5-6-3-4-1/h1H. The van der Waals surface area contributed by atoms with Crippen molar-refractivity contribution in [2.24, 2.45) is 15.0 Å². The zero-order valence-electron chi connectivity index (χ0n) is 3.07. The van der Waals surface area contributed by atoms with Crippen LogP contribution in [0.3, 0.4) is 0 Å². The maximum absolute atomic E-state index is 3.61. The van der Waals surface area contributed by atoms with Crippen molar-refractivity contribution in [3.05, 3.63) is 0 Å². The molecule has 1 aliphatic heterocycles. The average molecular weight is 76.7 g/mol. The highest BCUT2D eigenvalue weighted by Crippen LogP contribution is 1.75. The quantitative estimate of drug-likeness (QED) is 0.353. The summed E-state index contributed by atoms with van der Waals surface area (Å²) >= 11 is 0. The minimum atomic E-state index is 1.39. The monoisotopic (exact) mass is 77.0 g/mol. The molecule has 6 heavy (non-hydrogen) atoms. The smallest absolute Gasteiger partial charge is 0.335 e. The molecule has 26 valence electrons. The Bertz CT molecular complexity index is 66.8. The Labute approximate surface area is 37.1 Å². The number of nitrogens with zero attached hydrogens (tertiary/aromatic N) is 3. The molecule has 5 heteroatoms. The highest BCUT2D eigenvalue weighted by molar-refractivity contribution is 6.69. The number of hydrogen-bond donors (Lipinski definition) is 0. The first-order valence-corrected chi connectivity index (χ1v) is 1.57. The molecule has 1 heterocycles. The van der Waals surface area contributed by atoms with Gasteiger partial charge in [0.1, 0.15) is 0 Å². The van der Waals surface area contributed by atoms with Crippen molar-refractivity contribution in [1.29, 1.82) is 0 Å². The van der Waals surface area contributed by atoms with Crippen LogP contribution in [0.4, 0.5) is 0 Å². The van der Waals surface area contributed by atoms with E-state index in [4.69, 9.17) is 0 Å². The molecule has 1 aliphatic rings. The molecule has 0 saturated carbocycles. The van der Waals surface area contributed by atoms with Crippen LogP contribution in [0.15, 0.2) is 15.0 Å². The van der Waals surface area contributed by atoms with Gasteiger partial charge in [0.2, 0.25) is 0 Å². The maximum Gasteiger partial charge on any atom is 0.455 e. The van der Waals surface area contributed by atoms with E-state index in [-0.39, 0.29) is 0 Å². The van der Waals surface area contributed by atoms with Gasteiger partial charge >= 0.3 is 15.0 Å². The number of rotatable bonds is 0. The van der Waals surface area contributed by atoms with Crippen LogP contribution in [0.5, 0.6) is 0 Å². The molecule has 0 unspecified atom stereocenters. The molecule has 0 amide bonds. The van der Waals surface area contributed by atoms with Gasteiger partial charge in [0.15, 0.2) is 0 Å². The lowest BCUT2D eigenvalue weighted by molar-refractivity contribution is 1.42. The third kappa shape index (κ3) is 0.672. The summed E-state index contributed by atoms with van der Waals surface area (Å²) in [5.41, 5.74) is 0. The topological polar surface area (TPSA) is 37.1 Å². The van der Waals surface area contributed by atoms with Crippen molar-refractivity contribution in [3.8, 4) is 0 Å². The van der Waals surface area contributed by atoms with Crippen LogP contribution >= 0.6 is 0 Å². The second kappa shape index (κ2) is 1.74. The Kier molecular flexibility index (Phi) is 1.04. The molecule has 0 aromatic rings. The van der Waals surface area contributed by atoms with Gasteiger partial charge in [-0.2, -0.15) is 0 Å². The van der Waals surface area contributed by atoms with Gasteiger partial charge in [0, 0.05) is 0 Å². The van der Waals surface area contributed by atoms with Gasteiger partial charge < -0.3 is 4.90 Å².